The Bertz CT molecular complexity index is 555. The number of nitrogens with zero attached hydrogens (tertiary/aromatic N) is 1. The highest BCUT2D eigenvalue weighted by Crippen LogP contribution is 2.25. The summed E-state index contributed by atoms with van der Waals surface area (Å²) in [6.45, 7) is 2.60. The summed E-state index contributed by atoms with van der Waals surface area (Å²) in [6, 6.07) is 10.1. The van der Waals surface area contributed by atoms with Gasteiger partial charge in [-0.1, -0.05) is 25.5 Å². The van der Waals surface area contributed by atoms with E-state index < -0.39 is 0 Å². The predicted molar refractivity (Wildman–Crippen MR) is 85.0 cm³/mol. The number of aromatic nitrogens is 1. The van der Waals surface area contributed by atoms with Gasteiger partial charge in [-0.25, -0.2) is 4.98 Å². The van der Waals surface area contributed by atoms with E-state index in [9.17, 15) is 0 Å². The number of aryl methyl sites for hydroxylation is 1. The van der Waals surface area contributed by atoms with Crippen LogP contribution in [0.15, 0.2) is 41.0 Å². The molecule has 1 heterocycles. The van der Waals surface area contributed by atoms with Crippen LogP contribution >= 0.6 is 15.9 Å². The number of pyridine rings is 1. The second-order valence-corrected chi connectivity index (χ2v) is 5.59. The molecule has 4 heteroatoms. The highest BCUT2D eigenvalue weighted by molar-refractivity contribution is 9.10. The molecule has 3 nitrogen and oxygen atoms in total. The van der Waals surface area contributed by atoms with Gasteiger partial charge in [-0.05, 0) is 52.5 Å². The summed E-state index contributed by atoms with van der Waals surface area (Å²) in [5.74, 6) is 1.35. The molecule has 0 aliphatic rings. The van der Waals surface area contributed by atoms with Gasteiger partial charge in [0, 0.05) is 22.8 Å². The third-order valence-electron chi connectivity index (χ3n) is 3.07. The van der Waals surface area contributed by atoms with E-state index >= 15 is 0 Å². The third-order valence-corrected chi connectivity index (χ3v) is 3.50. The molecule has 0 aliphatic heterocycles. The molecule has 0 fully saturated rings. The van der Waals surface area contributed by atoms with Crippen molar-refractivity contribution in [1.82, 2.24) is 4.98 Å². The van der Waals surface area contributed by atoms with Crippen molar-refractivity contribution in [3.63, 3.8) is 0 Å². The lowest BCUT2D eigenvalue weighted by Gasteiger charge is -2.09. The van der Waals surface area contributed by atoms with Gasteiger partial charge >= 0.3 is 0 Å². The van der Waals surface area contributed by atoms with Crippen molar-refractivity contribution >= 4 is 15.9 Å². The maximum Gasteiger partial charge on any atom is 0.223 e. The van der Waals surface area contributed by atoms with E-state index in [2.05, 4.69) is 40.0 Å². The van der Waals surface area contributed by atoms with Gasteiger partial charge in [0.05, 0.1) is 0 Å². The van der Waals surface area contributed by atoms with Crippen molar-refractivity contribution in [2.75, 3.05) is 0 Å². The smallest absolute Gasteiger partial charge is 0.223 e. The summed E-state index contributed by atoms with van der Waals surface area (Å²) in [6.07, 6.45) is 5.25. The first-order chi connectivity index (χ1) is 9.72. The number of ether oxygens (including phenoxy) is 1. The molecule has 1 aromatic carbocycles. The number of halogens is 1. The van der Waals surface area contributed by atoms with Gasteiger partial charge in [0.25, 0.3) is 0 Å². The van der Waals surface area contributed by atoms with Crippen LogP contribution in [0.25, 0.3) is 0 Å². The maximum atomic E-state index is 5.80. The molecular formula is C16H19BrN2O. The Labute approximate surface area is 128 Å². The maximum absolute atomic E-state index is 5.80. The van der Waals surface area contributed by atoms with E-state index in [1.54, 1.807) is 6.20 Å². The first-order valence-corrected chi connectivity index (χ1v) is 7.63. The molecule has 0 unspecified atom stereocenters. The summed E-state index contributed by atoms with van der Waals surface area (Å²) in [7, 11) is 0. The number of benzene rings is 1. The number of nitrogens with two attached hydrogens (primary N) is 1. The Morgan fingerprint density at radius 3 is 2.65 bits per heavy atom. The van der Waals surface area contributed by atoms with Crippen LogP contribution in [-0.2, 0) is 13.0 Å². The molecule has 106 valence electrons. The average molecular weight is 335 g/mol. The molecule has 0 atom stereocenters. The minimum absolute atomic E-state index is 0.399. The predicted octanol–water partition coefficient (Wildman–Crippen LogP) is 4.44. The first-order valence-electron chi connectivity index (χ1n) is 6.84. The summed E-state index contributed by atoms with van der Waals surface area (Å²) in [5, 5.41) is 0. The number of hydrogen-bond acceptors (Lipinski definition) is 3. The second-order valence-electron chi connectivity index (χ2n) is 4.67. The van der Waals surface area contributed by atoms with Crippen LogP contribution in [0.2, 0.25) is 0 Å². The minimum atomic E-state index is 0.399. The molecule has 2 rings (SSSR count). The molecule has 0 amide bonds. The molecular weight excluding hydrogens is 316 g/mol. The van der Waals surface area contributed by atoms with Crippen molar-refractivity contribution in [3.8, 4) is 11.6 Å². The standard InChI is InChI=1S/C16H19BrN2O/c1-2-3-4-12-5-7-15(8-6-12)20-16-13(10-18)9-14(17)11-19-16/h5-9,11H,2-4,10,18H2,1H3. The quantitative estimate of drug-likeness (QED) is 0.849. The van der Waals surface area contributed by atoms with Crippen LogP contribution < -0.4 is 10.5 Å². The van der Waals surface area contributed by atoms with Crippen LogP contribution in [0.3, 0.4) is 0 Å². The van der Waals surface area contributed by atoms with E-state index in [4.69, 9.17) is 10.5 Å². The van der Waals surface area contributed by atoms with Gasteiger partial charge in [-0.3, -0.25) is 0 Å². The Kier molecular flexibility index (Phi) is 5.56. The molecule has 0 spiro atoms. The van der Waals surface area contributed by atoms with E-state index in [0.717, 1.165) is 22.2 Å². The van der Waals surface area contributed by atoms with Gasteiger partial charge in [0.15, 0.2) is 0 Å². The van der Waals surface area contributed by atoms with Gasteiger partial charge in [0.1, 0.15) is 5.75 Å². The average Bonchev–Trinajstić information content (AvgIpc) is 2.48. The highest BCUT2D eigenvalue weighted by Gasteiger charge is 2.06. The first kappa shape index (κ1) is 15.0. The number of hydrogen-bond donors (Lipinski definition) is 1. The van der Waals surface area contributed by atoms with E-state index in [0.29, 0.717) is 12.4 Å². The Morgan fingerprint density at radius 2 is 2.00 bits per heavy atom. The molecule has 1 aromatic heterocycles. The third kappa shape index (κ3) is 4.05. The fraction of sp³-hybridized carbons (Fsp3) is 0.312. The summed E-state index contributed by atoms with van der Waals surface area (Å²) < 4.78 is 6.71. The van der Waals surface area contributed by atoms with E-state index in [1.807, 2.05) is 18.2 Å². The summed E-state index contributed by atoms with van der Waals surface area (Å²) in [4.78, 5) is 4.27. The zero-order valence-corrected chi connectivity index (χ0v) is 13.2. The van der Waals surface area contributed by atoms with E-state index in [-0.39, 0.29) is 0 Å². The van der Waals surface area contributed by atoms with Crippen molar-refractivity contribution in [3.05, 3.63) is 52.1 Å². The largest absolute Gasteiger partial charge is 0.439 e. The van der Waals surface area contributed by atoms with Gasteiger partial charge in [-0.2, -0.15) is 0 Å². The molecule has 2 aromatic rings. The van der Waals surface area contributed by atoms with E-state index in [1.165, 1.54) is 18.4 Å². The van der Waals surface area contributed by atoms with Crippen molar-refractivity contribution in [1.29, 1.82) is 0 Å². The second kappa shape index (κ2) is 7.41. The lowest BCUT2D eigenvalue weighted by atomic mass is 10.1. The van der Waals surface area contributed by atoms with Gasteiger partial charge < -0.3 is 10.5 Å². The molecule has 0 aliphatic carbocycles. The van der Waals surface area contributed by atoms with Crippen LogP contribution in [0, 0.1) is 0 Å². The number of rotatable bonds is 6. The number of unbranched alkanes of at least 4 members (excludes halogenated alkanes) is 1. The zero-order chi connectivity index (χ0) is 14.4. The monoisotopic (exact) mass is 334 g/mol. The minimum Gasteiger partial charge on any atom is -0.439 e. The van der Waals surface area contributed by atoms with Crippen LogP contribution in [0.4, 0.5) is 0 Å². The summed E-state index contributed by atoms with van der Waals surface area (Å²) in [5.41, 5.74) is 7.93. The molecule has 0 bridgehead atoms. The summed E-state index contributed by atoms with van der Waals surface area (Å²) >= 11 is 3.38. The zero-order valence-electron chi connectivity index (χ0n) is 11.6. The normalized spacial score (nSPS) is 10.6. The van der Waals surface area contributed by atoms with Crippen LogP contribution in [0.1, 0.15) is 30.9 Å². The van der Waals surface area contributed by atoms with Crippen LogP contribution in [0.5, 0.6) is 11.6 Å². The Morgan fingerprint density at radius 1 is 1.25 bits per heavy atom. The van der Waals surface area contributed by atoms with Crippen molar-refractivity contribution < 1.29 is 4.74 Å². The van der Waals surface area contributed by atoms with Crippen molar-refractivity contribution in [2.24, 2.45) is 5.73 Å². The Hall–Kier alpha value is -1.39. The Balaban J connectivity index is 2.10. The van der Waals surface area contributed by atoms with Gasteiger partial charge in [0.2, 0.25) is 5.88 Å². The SMILES string of the molecule is CCCCc1ccc(Oc2ncc(Br)cc2CN)cc1. The van der Waals surface area contributed by atoms with Gasteiger partial charge in [-0.15, -0.1) is 0 Å². The molecule has 20 heavy (non-hydrogen) atoms. The fourth-order valence-corrected chi connectivity index (χ4v) is 2.30. The fourth-order valence-electron chi connectivity index (χ4n) is 1.92. The lowest BCUT2D eigenvalue weighted by Crippen LogP contribution is -2.01. The molecule has 2 N–H and O–H groups in total. The lowest BCUT2D eigenvalue weighted by molar-refractivity contribution is 0.456. The molecule has 0 saturated carbocycles. The van der Waals surface area contributed by atoms with Crippen molar-refractivity contribution in [2.45, 2.75) is 32.7 Å². The molecule has 0 saturated heterocycles. The highest BCUT2D eigenvalue weighted by atomic mass is 79.9. The van der Waals surface area contributed by atoms with Crippen LogP contribution in [-0.4, -0.2) is 4.98 Å². The molecule has 0 radical (unpaired) electrons. The topological polar surface area (TPSA) is 48.1 Å².